The highest BCUT2D eigenvalue weighted by molar-refractivity contribution is 7.88. The molecule has 0 aliphatic heterocycles. The summed E-state index contributed by atoms with van der Waals surface area (Å²) in [6.45, 7) is 2.10. The van der Waals surface area contributed by atoms with Crippen molar-refractivity contribution in [3.63, 3.8) is 0 Å². The SMILES string of the molecule is CCC(S)C(S)C(S)CS. The van der Waals surface area contributed by atoms with Crippen molar-refractivity contribution in [2.45, 2.75) is 29.1 Å². The minimum atomic E-state index is 0.245. The van der Waals surface area contributed by atoms with Crippen molar-refractivity contribution in [3.05, 3.63) is 0 Å². The topological polar surface area (TPSA) is 0 Å². The first kappa shape index (κ1) is 11.4. The Labute approximate surface area is 85.2 Å². The quantitative estimate of drug-likeness (QED) is 0.507. The van der Waals surface area contributed by atoms with Crippen LogP contribution in [0.4, 0.5) is 0 Å². The summed E-state index contributed by atoms with van der Waals surface area (Å²) >= 11 is 17.2. The molecule has 0 saturated carbocycles. The van der Waals surface area contributed by atoms with E-state index in [2.05, 4.69) is 57.4 Å². The van der Waals surface area contributed by atoms with Crippen LogP contribution in [0.1, 0.15) is 13.3 Å². The average Bonchev–Trinajstić information content (AvgIpc) is 2.00. The Morgan fingerprint density at radius 2 is 1.60 bits per heavy atom. The van der Waals surface area contributed by atoms with E-state index in [9.17, 15) is 0 Å². The zero-order valence-corrected chi connectivity index (χ0v) is 9.51. The van der Waals surface area contributed by atoms with Crippen molar-refractivity contribution in [3.8, 4) is 0 Å². The van der Waals surface area contributed by atoms with Gasteiger partial charge >= 0.3 is 0 Å². The maximum Gasteiger partial charge on any atom is 0.0257 e. The van der Waals surface area contributed by atoms with Crippen LogP contribution in [0.25, 0.3) is 0 Å². The van der Waals surface area contributed by atoms with Crippen LogP contribution in [0.15, 0.2) is 0 Å². The molecule has 0 aromatic heterocycles. The molecule has 0 bridgehead atoms. The summed E-state index contributed by atoms with van der Waals surface area (Å²) in [5, 5.41) is 0.821. The molecule has 0 aromatic carbocycles. The summed E-state index contributed by atoms with van der Waals surface area (Å²) in [4.78, 5) is 0. The van der Waals surface area contributed by atoms with Gasteiger partial charge in [0.1, 0.15) is 0 Å². The van der Waals surface area contributed by atoms with Crippen molar-refractivity contribution in [1.82, 2.24) is 0 Å². The van der Waals surface area contributed by atoms with E-state index in [4.69, 9.17) is 0 Å². The lowest BCUT2D eigenvalue weighted by Crippen LogP contribution is -2.26. The first-order valence-electron chi connectivity index (χ1n) is 3.28. The third-order valence-electron chi connectivity index (χ3n) is 1.39. The second-order valence-corrected chi connectivity index (χ2v) is 4.50. The fourth-order valence-electron chi connectivity index (χ4n) is 0.606. The molecule has 0 saturated heterocycles. The molecule has 0 rings (SSSR count). The Bertz CT molecular complexity index is 75.8. The molecule has 62 valence electrons. The molecule has 3 unspecified atom stereocenters. The molecule has 0 radical (unpaired) electrons. The highest BCUT2D eigenvalue weighted by Gasteiger charge is 2.18. The molecule has 0 spiro atoms. The molecule has 0 aliphatic carbocycles. The zero-order valence-electron chi connectivity index (χ0n) is 5.94. The van der Waals surface area contributed by atoms with E-state index in [1.807, 2.05) is 0 Å². The lowest BCUT2D eigenvalue weighted by atomic mass is 10.2. The summed E-state index contributed by atoms with van der Waals surface area (Å²) < 4.78 is 0. The Kier molecular flexibility index (Phi) is 6.81. The maximum absolute atomic E-state index is 4.38. The van der Waals surface area contributed by atoms with Gasteiger partial charge in [0.05, 0.1) is 0 Å². The second kappa shape index (κ2) is 5.98. The third-order valence-corrected chi connectivity index (χ3v) is 4.46. The van der Waals surface area contributed by atoms with Gasteiger partial charge in [-0.2, -0.15) is 50.5 Å². The second-order valence-electron chi connectivity index (χ2n) is 2.22. The van der Waals surface area contributed by atoms with Crippen molar-refractivity contribution in [2.24, 2.45) is 0 Å². The van der Waals surface area contributed by atoms with Crippen LogP contribution in [0.3, 0.4) is 0 Å². The first-order valence-corrected chi connectivity index (χ1v) is 5.46. The van der Waals surface area contributed by atoms with Gasteiger partial charge < -0.3 is 0 Å². The van der Waals surface area contributed by atoms with Gasteiger partial charge in [-0.3, -0.25) is 0 Å². The number of rotatable bonds is 4. The maximum atomic E-state index is 4.38. The normalized spacial score (nSPS) is 20.1. The largest absolute Gasteiger partial charge is 0.178 e. The zero-order chi connectivity index (χ0) is 8.15. The molecule has 0 N–H and O–H groups in total. The van der Waals surface area contributed by atoms with Gasteiger partial charge in [-0.15, -0.1) is 0 Å². The van der Waals surface area contributed by atoms with E-state index in [-0.39, 0.29) is 10.5 Å². The standard InChI is InChI=1S/C6H14S4/c1-2-4(8)6(10)5(9)3-7/h4-10H,2-3H2,1H3. The van der Waals surface area contributed by atoms with E-state index in [1.54, 1.807) is 0 Å². The molecule has 0 nitrogen and oxygen atoms in total. The minimum Gasteiger partial charge on any atom is -0.178 e. The van der Waals surface area contributed by atoms with Gasteiger partial charge in [0.25, 0.3) is 0 Å². The molecule has 3 atom stereocenters. The predicted octanol–water partition coefficient (Wildman–Crippen LogP) is 2.22. The molecular weight excluding hydrogens is 200 g/mol. The average molecular weight is 214 g/mol. The Morgan fingerprint density at radius 3 is 1.90 bits per heavy atom. The van der Waals surface area contributed by atoms with Crippen LogP contribution in [0.5, 0.6) is 0 Å². The molecule has 0 aromatic rings. The highest BCUT2D eigenvalue weighted by Crippen LogP contribution is 2.20. The summed E-state index contributed by atoms with van der Waals surface area (Å²) in [5.41, 5.74) is 0. The number of thiol groups is 4. The van der Waals surface area contributed by atoms with Gasteiger partial charge in [-0.1, -0.05) is 6.92 Å². The summed E-state index contributed by atoms with van der Waals surface area (Å²) in [5.74, 6) is 0.758. The van der Waals surface area contributed by atoms with Gasteiger partial charge in [0.15, 0.2) is 0 Å². The fourth-order valence-corrected chi connectivity index (χ4v) is 1.87. The van der Waals surface area contributed by atoms with Crippen LogP contribution >= 0.6 is 50.5 Å². The predicted molar refractivity (Wildman–Crippen MR) is 62.5 cm³/mol. The fraction of sp³-hybridized carbons (Fsp3) is 1.00. The number of hydrogen-bond donors (Lipinski definition) is 4. The summed E-state index contributed by atoms with van der Waals surface area (Å²) in [6.07, 6.45) is 1.03. The van der Waals surface area contributed by atoms with E-state index in [1.165, 1.54) is 0 Å². The van der Waals surface area contributed by atoms with Gasteiger partial charge in [-0.25, -0.2) is 0 Å². The van der Waals surface area contributed by atoms with Crippen LogP contribution in [-0.2, 0) is 0 Å². The van der Waals surface area contributed by atoms with Gasteiger partial charge in [-0.05, 0) is 6.42 Å². The first-order chi connectivity index (χ1) is 4.63. The smallest absolute Gasteiger partial charge is 0.0257 e. The van der Waals surface area contributed by atoms with Crippen LogP contribution < -0.4 is 0 Å². The molecule has 0 fully saturated rings. The van der Waals surface area contributed by atoms with Crippen LogP contribution in [0.2, 0.25) is 0 Å². The molecular formula is C6H14S4. The third kappa shape index (κ3) is 3.69. The molecule has 0 aliphatic rings. The van der Waals surface area contributed by atoms with Crippen LogP contribution in [-0.4, -0.2) is 21.5 Å². The molecule has 0 heterocycles. The lowest BCUT2D eigenvalue weighted by molar-refractivity contribution is 0.764. The summed E-state index contributed by atoms with van der Waals surface area (Å²) in [7, 11) is 0. The Hall–Kier alpha value is 1.40. The number of hydrogen-bond acceptors (Lipinski definition) is 4. The molecule has 0 amide bonds. The van der Waals surface area contributed by atoms with Crippen LogP contribution in [0, 0.1) is 0 Å². The van der Waals surface area contributed by atoms with E-state index in [0.29, 0.717) is 5.25 Å². The minimum absolute atomic E-state index is 0.245. The van der Waals surface area contributed by atoms with Gasteiger partial charge in [0, 0.05) is 21.5 Å². The van der Waals surface area contributed by atoms with Crippen molar-refractivity contribution < 1.29 is 0 Å². The van der Waals surface area contributed by atoms with Crippen molar-refractivity contribution in [1.29, 1.82) is 0 Å². The van der Waals surface area contributed by atoms with E-state index >= 15 is 0 Å². The summed E-state index contributed by atoms with van der Waals surface area (Å²) in [6, 6.07) is 0. The Morgan fingerprint density at radius 1 is 1.10 bits per heavy atom. The van der Waals surface area contributed by atoms with Crippen molar-refractivity contribution in [2.75, 3.05) is 5.75 Å². The monoisotopic (exact) mass is 214 g/mol. The molecule has 10 heavy (non-hydrogen) atoms. The highest BCUT2D eigenvalue weighted by atomic mass is 32.1. The van der Waals surface area contributed by atoms with Crippen molar-refractivity contribution >= 4 is 50.5 Å². The van der Waals surface area contributed by atoms with Gasteiger partial charge in [0.2, 0.25) is 0 Å². The van der Waals surface area contributed by atoms with E-state index in [0.717, 1.165) is 12.2 Å². The molecule has 4 heteroatoms. The van der Waals surface area contributed by atoms with E-state index < -0.39 is 0 Å². The Balaban J connectivity index is 3.69. The lowest BCUT2D eigenvalue weighted by Gasteiger charge is -2.21.